The van der Waals surface area contributed by atoms with Gasteiger partial charge in [-0.05, 0) is 30.9 Å². The van der Waals surface area contributed by atoms with Crippen molar-refractivity contribution < 1.29 is 22.4 Å². The van der Waals surface area contributed by atoms with Gasteiger partial charge in [-0.1, -0.05) is 18.0 Å². The summed E-state index contributed by atoms with van der Waals surface area (Å²) >= 11 is 7.44. The number of nitrogens with zero attached hydrogens (tertiary/aromatic N) is 2. The lowest BCUT2D eigenvalue weighted by Gasteiger charge is -2.43. The van der Waals surface area contributed by atoms with Crippen LogP contribution in [0.15, 0.2) is 12.1 Å². The monoisotopic (exact) mass is 435 g/mol. The molecule has 0 spiro atoms. The molecule has 152 valence electrons. The SMILES string of the molecule is Cn1nc(NC(=O)C[C@H]2CC(F)(F)C2(F)F)c(C2CCC2)c1-c1ccc(Cl)s1. The van der Waals surface area contributed by atoms with Gasteiger partial charge in [-0.15, -0.1) is 11.3 Å². The Kier molecular flexibility index (Phi) is 4.73. The second kappa shape index (κ2) is 6.73. The van der Waals surface area contributed by atoms with Crippen LogP contribution in [0.1, 0.15) is 43.6 Å². The molecule has 2 aliphatic rings. The summed E-state index contributed by atoms with van der Waals surface area (Å²) < 4.78 is 55.2. The van der Waals surface area contributed by atoms with E-state index in [2.05, 4.69) is 10.4 Å². The third-order valence-electron chi connectivity index (χ3n) is 5.60. The number of nitrogens with one attached hydrogen (secondary N) is 1. The zero-order valence-electron chi connectivity index (χ0n) is 14.9. The molecule has 1 atom stereocenters. The van der Waals surface area contributed by atoms with Crippen LogP contribution in [0.3, 0.4) is 0 Å². The van der Waals surface area contributed by atoms with Crippen LogP contribution in [0, 0.1) is 5.92 Å². The van der Waals surface area contributed by atoms with E-state index < -0.39 is 36.5 Å². The van der Waals surface area contributed by atoms with E-state index >= 15 is 0 Å². The summed E-state index contributed by atoms with van der Waals surface area (Å²) in [4.78, 5) is 13.2. The number of hydrogen-bond acceptors (Lipinski definition) is 3. The van der Waals surface area contributed by atoms with Crippen LogP contribution in [0.2, 0.25) is 4.34 Å². The maximum Gasteiger partial charge on any atom is 0.313 e. The predicted octanol–water partition coefficient (Wildman–Crippen LogP) is 5.69. The maximum absolute atomic E-state index is 13.5. The molecule has 28 heavy (non-hydrogen) atoms. The molecule has 0 saturated heterocycles. The van der Waals surface area contributed by atoms with Crippen molar-refractivity contribution in [1.82, 2.24) is 9.78 Å². The third-order valence-corrected chi connectivity index (χ3v) is 6.83. The maximum atomic E-state index is 13.5. The molecule has 2 aliphatic carbocycles. The molecular formula is C18H18ClF4N3OS. The normalized spacial score (nSPS) is 23.1. The Bertz CT molecular complexity index is 922. The summed E-state index contributed by atoms with van der Waals surface area (Å²) in [6.45, 7) is 0. The first kappa shape index (κ1) is 19.7. The number of rotatable bonds is 5. The summed E-state index contributed by atoms with van der Waals surface area (Å²) in [6.07, 6.45) is 1.29. The van der Waals surface area contributed by atoms with Gasteiger partial charge in [-0.2, -0.15) is 22.7 Å². The van der Waals surface area contributed by atoms with Gasteiger partial charge in [-0.25, -0.2) is 0 Å². The number of carbonyl (C=O) groups is 1. The molecule has 1 N–H and O–H groups in total. The number of amides is 1. The Morgan fingerprint density at radius 1 is 1.36 bits per heavy atom. The van der Waals surface area contributed by atoms with E-state index in [0.29, 0.717) is 10.2 Å². The Morgan fingerprint density at radius 3 is 2.57 bits per heavy atom. The zero-order valence-corrected chi connectivity index (χ0v) is 16.5. The highest BCUT2D eigenvalue weighted by atomic mass is 35.5. The molecule has 0 aliphatic heterocycles. The van der Waals surface area contributed by atoms with E-state index in [0.717, 1.165) is 35.4 Å². The molecule has 2 aromatic heterocycles. The number of aromatic nitrogens is 2. The summed E-state index contributed by atoms with van der Waals surface area (Å²) in [7, 11) is 1.74. The van der Waals surface area contributed by atoms with Gasteiger partial charge >= 0.3 is 11.8 Å². The standard InChI is InChI=1S/C18H18ClF4N3OS/c1-26-15(11-5-6-12(19)28-11)14(9-3-2-4-9)16(25-26)24-13(27)7-10-8-17(20,21)18(10,22)23/h5-6,9-10H,2-4,7-8H2,1H3,(H,24,25,27)/t10-/m0/s1. The molecule has 4 rings (SSSR count). The summed E-state index contributed by atoms with van der Waals surface area (Å²) in [5, 5.41) is 6.95. The van der Waals surface area contributed by atoms with Crippen molar-refractivity contribution in [2.24, 2.45) is 13.0 Å². The van der Waals surface area contributed by atoms with Crippen molar-refractivity contribution in [2.45, 2.75) is 49.9 Å². The smallest absolute Gasteiger partial charge is 0.309 e. The molecule has 2 fully saturated rings. The molecule has 2 saturated carbocycles. The van der Waals surface area contributed by atoms with Crippen molar-refractivity contribution in [3.05, 3.63) is 22.0 Å². The lowest BCUT2D eigenvalue weighted by atomic mass is 9.74. The third kappa shape index (κ3) is 3.12. The van der Waals surface area contributed by atoms with Gasteiger partial charge in [0.1, 0.15) is 0 Å². The molecule has 0 aromatic carbocycles. The number of thiophene rings is 1. The fourth-order valence-electron chi connectivity index (χ4n) is 3.80. The van der Waals surface area contributed by atoms with Crippen molar-refractivity contribution in [2.75, 3.05) is 5.32 Å². The highest BCUT2D eigenvalue weighted by Gasteiger charge is 2.71. The minimum Gasteiger partial charge on any atom is -0.309 e. The van der Waals surface area contributed by atoms with Gasteiger partial charge in [0.2, 0.25) is 5.91 Å². The van der Waals surface area contributed by atoms with Gasteiger partial charge in [0, 0.05) is 31.4 Å². The highest BCUT2D eigenvalue weighted by molar-refractivity contribution is 7.19. The number of alkyl halides is 4. The van der Waals surface area contributed by atoms with Gasteiger partial charge in [0.05, 0.1) is 14.9 Å². The van der Waals surface area contributed by atoms with Gasteiger partial charge in [0.25, 0.3) is 0 Å². The molecule has 4 nitrogen and oxygen atoms in total. The topological polar surface area (TPSA) is 46.9 Å². The van der Waals surface area contributed by atoms with E-state index in [1.54, 1.807) is 17.8 Å². The Morgan fingerprint density at radius 2 is 2.07 bits per heavy atom. The number of carbonyl (C=O) groups excluding carboxylic acids is 1. The van der Waals surface area contributed by atoms with E-state index in [-0.39, 0.29) is 5.92 Å². The van der Waals surface area contributed by atoms with Crippen molar-refractivity contribution >= 4 is 34.7 Å². The molecule has 10 heteroatoms. The van der Waals surface area contributed by atoms with Crippen LogP contribution in [-0.4, -0.2) is 27.5 Å². The van der Waals surface area contributed by atoms with Crippen LogP contribution in [-0.2, 0) is 11.8 Å². The van der Waals surface area contributed by atoms with E-state index in [4.69, 9.17) is 11.6 Å². The zero-order chi connectivity index (χ0) is 20.3. The first-order valence-electron chi connectivity index (χ1n) is 8.98. The van der Waals surface area contributed by atoms with Gasteiger partial charge in [0.15, 0.2) is 5.82 Å². The van der Waals surface area contributed by atoms with Gasteiger partial charge in [-0.3, -0.25) is 9.48 Å². The average Bonchev–Trinajstić information content (AvgIpc) is 3.09. The predicted molar refractivity (Wildman–Crippen MR) is 99.4 cm³/mol. The summed E-state index contributed by atoms with van der Waals surface area (Å²) in [5.74, 6) is -10.1. The Balaban J connectivity index is 1.57. The van der Waals surface area contributed by atoms with Crippen LogP contribution in [0.5, 0.6) is 0 Å². The van der Waals surface area contributed by atoms with Crippen LogP contribution in [0.25, 0.3) is 10.6 Å². The second-order valence-corrected chi connectivity index (χ2v) is 9.16. The van der Waals surface area contributed by atoms with E-state index in [1.807, 2.05) is 6.07 Å². The first-order valence-corrected chi connectivity index (χ1v) is 10.2. The van der Waals surface area contributed by atoms with Gasteiger partial charge < -0.3 is 5.32 Å². The quantitative estimate of drug-likeness (QED) is 0.613. The van der Waals surface area contributed by atoms with Crippen molar-refractivity contribution in [3.63, 3.8) is 0 Å². The minimum atomic E-state index is -4.15. The molecular weight excluding hydrogens is 418 g/mol. The fourth-order valence-corrected chi connectivity index (χ4v) is 4.93. The highest BCUT2D eigenvalue weighted by Crippen LogP contribution is 2.56. The molecule has 2 aromatic rings. The summed E-state index contributed by atoms with van der Waals surface area (Å²) in [5.41, 5.74) is 1.68. The molecule has 0 radical (unpaired) electrons. The molecule has 0 unspecified atom stereocenters. The van der Waals surface area contributed by atoms with Crippen molar-refractivity contribution in [1.29, 1.82) is 0 Å². The average molecular weight is 436 g/mol. The molecule has 0 bridgehead atoms. The first-order chi connectivity index (χ1) is 13.1. The Hall–Kier alpha value is -1.61. The van der Waals surface area contributed by atoms with Crippen molar-refractivity contribution in [3.8, 4) is 10.6 Å². The van der Waals surface area contributed by atoms with E-state index in [1.165, 1.54) is 11.3 Å². The lowest BCUT2D eigenvalue weighted by Crippen LogP contribution is -2.59. The largest absolute Gasteiger partial charge is 0.313 e. The lowest BCUT2D eigenvalue weighted by molar-refractivity contribution is -0.313. The Labute approximate surface area is 167 Å². The fraction of sp³-hybridized carbons (Fsp3) is 0.556. The molecule has 1 amide bonds. The number of anilines is 1. The summed E-state index contributed by atoms with van der Waals surface area (Å²) in [6, 6.07) is 3.64. The number of aryl methyl sites for hydroxylation is 1. The van der Waals surface area contributed by atoms with Crippen LogP contribution < -0.4 is 5.32 Å². The molecule has 2 heterocycles. The van der Waals surface area contributed by atoms with Crippen LogP contribution in [0.4, 0.5) is 23.4 Å². The van der Waals surface area contributed by atoms with E-state index in [9.17, 15) is 22.4 Å². The number of hydrogen-bond donors (Lipinski definition) is 1. The van der Waals surface area contributed by atoms with Crippen LogP contribution >= 0.6 is 22.9 Å². The minimum absolute atomic E-state index is 0.203. The second-order valence-electron chi connectivity index (χ2n) is 7.45. The number of halogens is 5.